The van der Waals surface area contributed by atoms with Gasteiger partial charge in [0.2, 0.25) is 5.91 Å². The lowest BCUT2D eigenvalue weighted by atomic mass is 9.79. The first-order chi connectivity index (χ1) is 15.0. The van der Waals surface area contributed by atoms with E-state index in [0.29, 0.717) is 31.1 Å². The van der Waals surface area contributed by atoms with E-state index in [1.807, 2.05) is 23.1 Å². The summed E-state index contributed by atoms with van der Waals surface area (Å²) in [5, 5.41) is 3.06. The van der Waals surface area contributed by atoms with Crippen LogP contribution in [0.3, 0.4) is 0 Å². The van der Waals surface area contributed by atoms with Gasteiger partial charge in [0, 0.05) is 44.2 Å². The highest BCUT2D eigenvalue weighted by Gasteiger charge is 2.41. The largest absolute Gasteiger partial charge is 0.375 e. The van der Waals surface area contributed by atoms with Crippen LogP contribution in [0.1, 0.15) is 47.2 Å². The number of carbonyl (C=O) groups excluding carboxylic acids is 2. The van der Waals surface area contributed by atoms with Gasteiger partial charge >= 0.3 is 0 Å². The molecular formula is C25H31N3O3. The van der Waals surface area contributed by atoms with Crippen molar-refractivity contribution in [3.05, 3.63) is 65.5 Å². The Morgan fingerprint density at radius 1 is 1.16 bits per heavy atom. The fraction of sp³-hybridized carbons (Fsp3) is 0.480. The van der Waals surface area contributed by atoms with Crippen molar-refractivity contribution in [1.29, 1.82) is 0 Å². The number of piperidine rings is 1. The molecule has 2 aromatic rings. The average molecular weight is 422 g/mol. The molecule has 0 saturated carbocycles. The Morgan fingerprint density at radius 3 is 2.65 bits per heavy atom. The minimum Gasteiger partial charge on any atom is -0.375 e. The van der Waals surface area contributed by atoms with Gasteiger partial charge in [-0.3, -0.25) is 14.6 Å². The van der Waals surface area contributed by atoms with Crippen molar-refractivity contribution in [2.75, 3.05) is 26.2 Å². The van der Waals surface area contributed by atoms with Gasteiger partial charge in [0.05, 0.1) is 12.0 Å². The number of aryl methyl sites for hydroxylation is 1. The van der Waals surface area contributed by atoms with Crippen LogP contribution in [-0.2, 0) is 16.0 Å². The van der Waals surface area contributed by atoms with Crippen LogP contribution in [-0.4, -0.2) is 53.5 Å². The van der Waals surface area contributed by atoms with Gasteiger partial charge in [-0.25, -0.2) is 0 Å². The van der Waals surface area contributed by atoms with Crippen LogP contribution in [0.2, 0.25) is 0 Å². The molecule has 6 heteroatoms. The number of benzene rings is 1. The maximum atomic E-state index is 12.8. The number of amides is 2. The summed E-state index contributed by atoms with van der Waals surface area (Å²) in [5.74, 6) is 0.537. The molecular weight excluding hydrogens is 390 g/mol. The highest BCUT2D eigenvalue weighted by molar-refractivity contribution is 5.93. The van der Waals surface area contributed by atoms with Crippen LogP contribution in [0, 0.1) is 12.8 Å². The SMILES string of the molecule is Cc1ccccc1CC(=O)N1CCC2(CC1)CC(CNC(=O)c1ccncc1)CCO2. The van der Waals surface area contributed by atoms with Gasteiger partial charge < -0.3 is 15.0 Å². The molecule has 31 heavy (non-hydrogen) atoms. The van der Waals surface area contributed by atoms with E-state index in [4.69, 9.17) is 4.74 Å². The lowest BCUT2D eigenvalue weighted by molar-refractivity contribution is -0.146. The normalized spacial score (nSPS) is 20.4. The van der Waals surface area contributed by atoms with E-state index in [1.165, 1.54) is 0 Å². The Hall–Kier alpha value is -2.73. The number of hydrogen-bond acceptors (Lipinski definition) is 4. The molecule has 0 aliphatic carbocycles. The average Bonchev–Trinajstić information content (AvgIpc) is 2.80. The maximum Gasteiger partial charge on any atom is 0.251 e. The van der Waals surface area contributed by atoms with Gasteiger partial charge in [0.25, 0.3) is 5.91 Å². The Balaban J connectivity index is 1.27. The van der Waals surface area contributed by atoms with Crippen molar-refractivity contribution >= 4 is 11.8 Å². The number of ether oxygens (including phenoxy) is 1. The fourth-order valence-electron chi connectivity index (χ4n) is 4.74. The number of likely N-dealkylation sites (tertiary alicyclic amines) is 1. The standard InChI is InChI=1S/C25H31N3O3/c1-19-4-2-3-5-22(19)16-23(29)28-13-9-25(10-14-28)17-20(8-15-31-25)18-27-24(30)21-6-11-26-12-7-21/h2-7,11-12,20H,8-10,13-18H2,1H3,(H,27,30). The number of carbonyl (C=O) groups is 2. The Morgan fingerprint density at radius 2 is 1.90 bits per heavy atom. The molecule has 2 aliphatic heterocycles. The van der Waals surface area contributed by atoms with E-state index < -0.39 is 0 Å². The van der Waals surface area contributed by atoms with Crippen molar-refractivity contribution in [3.8, 4) is 0 Å². The summed E-state index contributed by atoms with van der Waals surface area (Å²) in [5.41, 5.74) is 2.74. The molecule has 1 atom stereocenters. The molecule has 1 aromatic carbocycles. The van der Waals surface area contributed by atoms with Gasteiger partial charge in [-0.2, -0.15) is 0 Å². The summed E-state index contributed by atoms with van der Waals surface area (Å²) in [7, 11) is 0. The van der Waals surface area contributed by atoms with Crippen molar-refractivity contribution < 1.29 is 14.3 Å². The monoisotopic (exact) mass is 421 g/mol. The zero-order valence-electron chi connectivity index (χ0n) is 18.2. The van der Waals surface area contributed by atoms with Gasteiger partial charge in [0.15, 0.2) is 0 Å². The number of nitrogens with one attached hydrogen (secondary N) is 1. The Kier molecular flexibility index (Phi) is 6.66. The van der Waals surface area contributed by atoms with Gasteiger partial charge in [0.1, 0.15) is 0 Å². The zero-order valence-corrected chi connectivity index (χ0v) is 18.2. The molecule has 0 radical (unpaired) electrons. The molecule has 164 valence electrons. The summed E-state index contributed by atoms with van der Waals surface area (Å²) >= 11 is 0. The first-order valence-electron chi connectivity index (χ1n) is 11.2. The fourth-order valence-corrected chi connectivity index (χ4v) is 4.74. The zero-order chi connectivity index (χ0) is 21.7. The molecule has 4 rings (SSSR count). The maximum absolute atomic E-state index is 12.8. The summed E-state index contributed by atoms with van der Waals surface area (Å²) in [6.07, 6.45) is 7.34. The van der Waals surface area contributed by atoms with E-state index in [0.717, 1.165) is 49.9 Å². The van der Waals surface area contributed by atoms with Crippen LogP contribution in [0.5, 0.6) is 0 Å². The van der Waals surface area contributed by atoms with Crippen molar-refractivity contribution in [1.82, 2.24) is 15.2 Å². The molecule has 2 fully saturated rings. The van der Waals surface area contributed by atoms with Gasteiger partial charge in [-0.1, -0.05) is 24.3 Å². The topological polar surface area (TPSA) is 71.5 Å². The molecule has 3 heterocycles. The molecule has 2 amide bonds. The molecule has 1 aromatic heterocycles. The molecule has 1 unspecified atom stereocenters. The summed E-state index contributed by atoms with van der Waals surface area (Å²) in [6.45, 7) is 4.90. The number of nitrogens with zero attached hydrogens (tertiary/aromatic N) is 2. The minimum atomic E-state index is -0.163. The van der Waals surface area contributed by atoms with Crippen molar-refractivity contribution in [2.45, 2.75) is 44.6 Å². The lowest BCUT2D eigenvalue weighted by Gasteiger charge is -2.46. The van der Waals surface area contributed by atoms with Crippen LogP contribution < -0.4 is 5.32 Å². The number of hydrogen-bond donors (Lipinski definition) is 1. The van der Waals surface area contributed by atoms with Gasteiger partial charge in [-0.15, -0.1) is 0 Å². The van der Waals surface area contributed by atoms with E-state index in [-0.39, 0.29) is 17.4 Å². The second kappa shape index (κ2) is 9.60. The third kappa shape index (κ3) is 5.31. The van der Waals surface area contributed by atoms with E-state index >= 15 is 0 Å². The highest BCUT2D eigenvalue weighted by atomic mass is 16.5. The van der Waals surface area contributed by atoms with Crippen LogP contribution in [0.25, 0.3) is 0 Å². The summed E-state index contributed by atoms with van der Waals surface area (Å²) in [4.78, 5) is 31.1. The molecule has 1 N–H and O–H groups in total. The van der Waals surface area contributed by atoms with Crippen molar-refractivity contribution in [2.24, 2.45) is 5.92 Å². The second-order valence-corrected chi connectivity index (χ2v) is 8.82. The molecule has 0 bridgehead atoms. The van der Waals surface area contributed by atoms with Crippen LogP contribution in [0.4, 0.5) is 0 Å². The summed E-state index contributed by atoms with van der Waals surface area (Å²) in [6, 6.07) is 11.5. The predicted octanol–water partition coefficient (Wildman–Crippen LogP) is 3.15. The van der Waals surface area contributed by atoms with E-state index in [2.05, 4.69) is 23.3 Å². The summed E-state index contributed by atoms with van der Waals surface area (Å²) < 4.78 is 6.23. The van der Waals surface area contributed by atoms with Crippen LogP contribution in [0.15, 0.2) is 48.8 Å². The van der Waals surface area contributed by atoms with E-state index in [9.17, 15) is 9.59 Å². The molecule has 2 saturated heterocycles. The number of rotatable bonds is 5. The van der Waals surface area contributed by atoms with Crippen molar-refractivity contribution in [3.63, 3.8) is 0 Å². The minimum absolute atomic E-state index is 0.0560. The third-order valence-corrected chi connectivity index (χ3v) is 6.72. The molecule has 6 nitrogen and oxygen atoms in total. The first-order valence-corrected chi connectivity index (χ1v) is 11.2. The van der Waals surface area contributed by atoms with E-state index in [1.54, 1.807) is 24.5 Å². The number of aromatic nitrogens is 1. The lowest BCUT2D eigenvalue weighted by Crippen LogP contribution is -2.52. The van der Waals surface area contributed by atoms with Crippen LogP contribution >= 0.6 is 0 Å². The third-order valence-electron chi connectivity index (χ3n) is 6.72. The Bertz CT molecular complexity index is 907. The number of pyridine rings is 1. The van der Waals surface area contributed by atoms with Gasteiger partial charge in [-0.05, 0) is 61.8 Å². The first kappa shape index (κ1) is 21.5. The quantitative estimate of drug-likeness (QED) is 0.805. The Labute approximate surface area is 184 Å². The second-order valence-electron chi connectivity index (χ2n) is 8.82. The smallest absolute Gasteiger partial charge is 0.251 e. The predicted molar refractivity (Wildman–Crippen MR) is 119 cm³/mol. The molecule has 2 aliphatic rings. The highest BCUT2D eigenvalue weighted by Crippen LogP contribution is 2.37. The molecule has 1 spiro atoms.